The van der Waals surface area contributed by atoms with E-state index < -0.39 is 0 Å². The van der Waals surface area contributed by atoms with Gasteiger partial charge in [-0.15, -0.1) is 0 Å². The number of aromatic nitrogens is 1. The third kappa shape index (κ3) is 5.42. The van der Waals surface area contributed by atoms with Gasteiger partial charge in [0.05, 0.1) is 6.61 Å². The highest BCUT2D eigenvalue weighted by Gasteiger charge is 2.12. The Bertz CT molecular complexity index is 565. The monoisotopic (exact) mass is 303 g/mol. The first-order chi connectivity index (χ1) is 10.8. The Morgan fingerprint density at radius 2 is 2.00 bits per heavy atom. The maximum Gasteiger partial charge on any atom is 0.184 e. The maximum atomic E-state index is 11.9. The van der Waals surface area contributed by atoms with Crippen molar-refractivity contribution in [3.05, 3.63) is 53.4 Å². The number of Topliss-reactive ketones (excluding diaryl/α,β-unsaturated/α-hetero) is 1. The number of carbonyl (C=O) groups is 1. The number of rotatable bonds is 10. The Kier molecular flexibility index (Phi) is 6.80. The molecule has 0 aliphatic carbocycles. The van der Waals surface area contributed by atoms with Crippen LogP contribution in [0.3, 0.4) is 0 Å². The summed E-state index contributed by atoms with van der Waals surface area (Å²) in [5, 5.41) is 3.80. The van der Waals surface area contributed by atoms with Gasteiger partial charge in [-0.1, -0.05) is 35.5 Å². The van der Waals surface area contributed by atoms with E-state index in [2.05, 4.69) is 5.16 Å². The first kappa shape index (κ1) is 16.4. The van der Waals surface area contributed by atoms with Crippen molar-refractivity contribution < 1.29 is 18.8 Å². The van der Waals surface area contributed by atoms with E-state index in [4.69, 9.17) is 14.0 Å². The summed E-state index contributed by atoms with van der Waals surface area (Å²) in [6.45, 7) is 1.48. The van der Waals surface area contributed by atoms with E-state index in [0.29, 0.717) is 37.7 Å². The molecule has 0 radical (unpaired) electrons. The van der Waals surface area contributed by atoms with E-state index in [1.807, 2.05) is 30.3 Å². The summed E-state index contributed by atoms with van der Waals surface area (Å²) < 4.78 is 15.6. The molecule has 0 saturated heterocycles. The molecule has 5 heteroatoms. The molecular weight excluding hydrogens is 282 g/mol. The van der Waals surface area contributed by atoms with Crippen LogP contribution in [-0.4, -0.2) is 24.7 Å². The van der Waals surface area contributed by atoms with Crippen molar-refractivity contribution in [2.45, 2.75) is 32.5 Å². The molecule has 2 aromatic rings. The normalized spacial score (nSPS) is 10.8. The lowest BCUT2D eigenvalue weighted by Gasteiger charge is -2.01. The summed E-state index contributed by atoms with van der Waals surface area (Å²) in [5.74, 6) is 0.560. The van der Waals surface area contributed by atoms with Gasteiger partial charge in [-0.3, -0.25) is 4.79 Å². The molecule has 0 aliphatic rings. The Labute approximate surface area is 130 Å². The highest BCUT2D eigenvalue weighted by Crippen LogP contribution is 2.11. The van der Waals surface area contributed by atoms with Crippen LogP contribution in [0.1, 0.15) is 41.1 Å². The molecule has 0 fully saturated rings. The van der Waals surface area contributed by atoms with E-state index >= 15 is 0 Å². The Hall–Kier alpha value is -1.98. The molecule has 0 bridgehead atoms. The number of ketones is 1. The van der Waals surface area contributed by atoms with Gasteiger partial charge in [-0.05, 0) is 18.4 Å². The third-order valence-corrected chi connectivity index (χ3v) is 3.20. The van der Waals surface area contributed by atoms with Gasteiger partial charge >= 0.3 is 0 Å². The van der Waals surface area contributed by atoms with Crippen LogP contribution in [0, 0.1) is 0 Å². The van der Waals surface area contributed by atoms with Crippen molar-refractivity contribution in [2.24, 2.45) is 0 Å². The highest BCUT2D eigenvalue weighted by molar-refractivity contribution is 5.94. The highest BCUT2D eigenvalue weighted by atomic mass is 16.5. The van der Waals surface area contributed by atoms with Crippen LogP contribution < -0.4 is 0 Å². The second-order valence-electron chi connectivity index (χ2n) is 5.03. The number of benzene rings is 1. The van der Waals surface area contributed by atoms with Crippen molar-refractivity contribution in [1.82, 2.24) is 5.16 Å². The van der Waals surface area contributed by atoms with Gasteiger partial charge < -0.3 is 14.0 Å². The number of hydrogen-bond acceptors (Lipinski definition) is 5. The summed E-state index contributed by atoms with van der Waals surface area (Å²) in [7, 11) is 1.65. The molecule has 0 spiro atoms. The summed E-state index contributed by atoms with van der Waals surface area (Å²) in [6.07, 6.45) is 2.12. The van der Waals surface area contributed by atoms with Crippen LogP contribution in [0.15, 0.2) is 40.9 Å². The fourth-order valence-corrected chi connectivity index (χ4v) is 2.02. The molecular formula is C17H21NO4. The summed E-state index contributed by atoms with van der Waals surface area (Å²) >= 11 is 0. The van der Waals surface area contributed by atoms with Gasteiger partial charge in [-0.2, -0.15) is 0 Å². The van der Waals surface area contributed by atoms with Gasteiger partial charge in [0.15, 0.2) is 11.5 Å². The average Bonchev–Trinajstić information content (AvgIpc) is 3.01. The number of ether oxygens (including phenoxy) is 2. The molecule has 2 rings (SSSR count). The van der Waals surface area contributed by atoms with E-state index in [1.165, 1.54) is 0 Å². The molecule has 0 atom stereocenters. The largest absolute Gasteiger partial charge is 0.385 e. The molecule has 0 N–H and O–H groups in total. The van der Waals surface area contributed by atoms with E-state index in [9.17, 15) is 4.79 Å². The smallest absolute Gasteiger partial charge is 0.184 e. The van der Waals surface area contributed by atoms with Crippen molar-refractivity contribution in [3.8, 4) is 0 Å². The fraction of sp³-hybridized carbons (Fsp3) is 0.412. The fourth-order valence-electron chi connectivity index (χ4n) is 2.02. The SMILES string of the molecule is COCCCCC(=O)c1cc(COCc2ccccc2)on1. The second kappa shape index (κ2) is 9.12. The quantitative estimate of drug-likeness (QED) is 0.497. The number of carbonyl (C=O) groups excluding carboxylic acids is 1. The van der Waals surface area contributed by atoms with Crippen molar-refractivity contribution >= 4 is 5.78 Å². The average molecular weight is 303 g/mol. The topological polar surface area (TPSA) is 61.6 Å². The molecule has 5 nitrogen and oxygen atoms in total. The zero-order valence-corrected chi connectivity index (χ0v) is 12.8. The zero-order chi connectivity index (χ0) is 15.6. The minimum absolute atomic E-state index is 0.00541. The first-order valence-electron chi connectivity index (χ1n) is 7.39. The number of nitrogens with zero attached hydrogens (tertiary/aromatic N) is 1. The third-order valence-electron chi connectivity index (χ3n) is 3.20. The second-order valence-corrected chi connectivity index (χ2v) is 5.03. The Balaban J connectivity index is 1.72. The molecule has 1 heterocycles. The number of methoxy groups -OCH3 is 1. The van der Waals surface area contributed by atoms with E-state index in [1.54, 1.807) is 13.2 Å². The maximum absolute atomic E-state index is 11.9. The Morgan fingerprint density at radius 1 is 1.18 bits per heavy atom. The van der Waals surface area contributed by atoms with Crippen LogP contribution in [0.25, 0.3) is 0 Å². The molecule has 0 saturated carbocycles. The standard InChI is InChI=1S/C17H21NO4/c1-20-10-6-5-9-17(19)16-11-15(22-18-16)13-21-12-14-7-3-2-4-8-14/h2-4,7-8,11H,5-6,9-10,12-13H2,1H3. The van der Waals surface area contributed by atoms with Gasteiger partial charge in [-0.25, -0.2) is 0 Å². The van der Waals surface area contributed by atoms with Crippen molar-refractivity contribution in [3.63, 3.8) is 0 Å². The van der Waals surface area contributed by atoms with Gasteiger partial charge in [0, 0.05) is 26.2 Å². The van der Waals surface area contributed by atoms with Crippen LogP contribution >= 0.6 is 0 Å². The summed E-state index contributed by atoms with van der Waals surface area (Å²) in [4.78, 5) is 11.9. The summed E-state index contributed by atoms with van der Waals surface area (Å²) in [6, 6.07) is 11.5. The Morgan fingerprint density at radius 3 is 2.77 bits per heavy atom. The number of unbranched alkanes of at least 4 members (excludes halogenated alkanes) is 1. The molecule has 0 unspecified atom stereocenters. The predicted octanol–water partition coefficient (Wildman–Crippen LogP) is 3.39. The van der Waals surface area contributed by atoms with Gasteiger partial charge in [0.25, 0.3) is 0 Å². The molecule has 22 heavy (non-hydrogen) atoms. The lowest BCUT2D eigenvalue weighted by Crippen LogP contribution is -2.00. The molecule has 1 aromatic carbocycles. The summed E-state index contributed by atoms with van der Waals surface area (Å²) in [5.41, 5.74) is 1.46. The van der Waals surface area contributed by atoms with E-state index in [0.717, 1.165) is 18.4 Å². The van der Waals surface area contributed by atoms with Crippen LogP contribution in [-0.2, 0) is 22.7 Å². The molecule has 0 amide bonds. The first-order valence-corrected chi connectivity index (χ1v) is 7.39. The minimum Gasteiger partial charge on any atom is -0.385 e. The minimum atomic E-state index is -0.00541. The molecule has 1 aromatic heterocycles. The van der Waals surface area contributed by atoms with Crippen LogP contribution in [0.5, 0.6) is 0 Å². The van der Waals surface area contributed by atoms with Crippen LogP contribution in [0.2, 0.25) is 0 Å². The molecule has 118 valence electrons. The van der Waals surface area contributed by atoms with Gasteiger partial charge in [0.2, 0.25) is 0 Å². The lowest BCUT2D eigenvalue weighted by molar-refractivity contribution is 0.0879. The predicted molar refractivity (Wildman–Crippen MR) is 81.5 cm³/mol. The van der Waals surface area contributed by atoms with Crippen molar-refractivity contribution in [1.29, 1.82) is 0 Å². The molecule has 0 aliphatic heterocycles. The van der Waals surface area contributed by atoms with Gasteiger partial charge in [0.1, 0.15) is 12.3 Å². The lowest BCUT2D eigenvalue weighted by atomic mass is 10.1. The zero-order valence-electron chi connectivity index (χ0n) is 12.8. The van der Waals surface area contributed by atoms with Crippen LogP contribution in [0.4, 0.5) is 0 Å². The van der Waals surface area contributed by atoms with Crippen molar-refractivity contribution in [2.75, 3.05) is 13.7 Å². The van der Waals surface area contributed by atoms with E-state index in [-0.39, 0.29) is 5.78 Å². The number of hydrogen-bond donors (Lipinski definition) is 0.